The molecule has 0 aliphatic carbocycles. The predicted octanol–water partition coefficient (Wildman–Crippen LogP) is 1.21. The Hall–Kier alpha value is -0.170. The highest BCUT2D eigenvalue weighted by Gasteiger charge is 2.35. The molecule has 2 rings (SSSR count). The summed E-state index contributed by atoms with van der Waals surface area (Å²) >= 11 is 0. The largest absolute Gasteiger partial charge is 0.381 e. The molecule has 2 saturated heterocycles. The van der Waals surface area contributed by atoms with Crippen molar-refractivity contribution in [3.05, 3.63) is 0 Å². The van der Waals surface area contributed by atoms with Gasteiger partial charge in [-0.3, -0.25) is 0 Å². The van der Waals surface area contributed by atoms with Gasteiger partial charge in [-0.15, -0.1) is 0 Å². The van der Waals surface area contributed by atoms with Crippen molar-refractivity contribution in [2.24, 2.45) is 5.92 Å². The maximum Gasteiger partial charge on any atom is 0.217 e. The van der Waals surface area contributed by atoms with Crippen LogP contribution >= 0.6 is 0 Å². The smallest absolute Gasteiger partial charge is 0.217 e. The van der Waals surface area contributed by atoms with Crippen LogP contribution in [-0.2, 0) is 14.8 Å². The predicted molar refractivity (Wildman–Crippen MR) is 80.2 cm³/mol. The third kappa shape index (κ3) is 4.16. The first-order valence-electron chi connectivity index (χ1n) is 7.92. The molecule has 0 aromatic rings. The Morgan fingerprint density at radius 2 is 2.00 bits per heavy atom. The summed E-state index contributed by atoms with van der Waals surface area (Å²) in [6.07, 6.45) is 4.55. The van der Waals surface area contributed by atoms with Crippen LogP contribution in [0.1, 0.15) is 39.0 Å². The molecule has 0 saturated carbocycles. The number of hydrogen-bond acceptors (Lipinski definition) is 4. The molecule has 2 aliphatic rings. The molecule has 20 heavy (non-hydrogen) atoms. The Balaban J connectivity index is 1.89. The molecule has 0 amide bonds. The van der Waals surface area contributed by atoms with Crippen molar-refractivity contribution < 1.29 is 13.2 Å². The summed E-state index contributed by atoms with van der Waals surface area (Å²) in [6.45, 7) is 6.66. The van der Waals surface area contributed by atoms with E-state index in [-0.39, 0.29) is 5.25 Å². The number of ether oxygens (including phenoxy) is 1. The second kappa shape index (κ2) is 7.73. The number of nitrogens with zero attached hydrogens (tertiary/aromatic N) is 1. The van der Waals surface area contributed by atoms with E-state index in [1.165, 1.54) is 0 Å². The minimum absolute atomic E-state index is 0.224. The van der Waals surface area contributed by atoms with Crippen molar-refractivity contribution in [3.63, 3.8) is 0 Å². The van der Waals surface area contributed by atoms with Crippen LogP contribution < -0.4 is 5.32 Å². The van der Waals surface area contributed by atoms with Crippen molar-refractivity contribution in [1.82, 2.24) is 9.62 Å². The number of hydrogen-bond donors (Lipinski definition) is 1. The first-order valence-corrected chi connectivity index (χ1v) is 9.42. The van der Waals surface area contributed by atoms with Crippen molar-refractivity contribution in [2.75, 3.05) is 39.4 Å². The summed E-state index contributed by atoms with van der Waals surface area (Å²) in [5.74, 6) is 0.463. The molecule has 0 aromatic heterocycles. The van der Waals surface area contributed by atoms with Gasteiger partial charge in [0.2, 0.25) is 10.0 Å². The molecular formula is C14H28N2O3S. The van der Waals surface area contributed by atoms with Gasteiger partial charge in [0.25, 0.3) is 0 Å². The zero-order chi connectivity index (χ0) is 14.4. The molecule has 118 valence electrons. The summed E-state index contributed by atoms with van der Waals surface area (Å²) in [5.41, 5.74) is 0. The van der Waals surface area contributed by atoms with Gasteiger partial charge in [-0.25, -0.2) is 12.7 Å². The van der Waals surface area contributed by atoms with Gasteiger partial charge in [0.05, 0.1) is 5.25 Å². The van der Waals surface area contributed by atoms with E-state index in [2.05, 4.69) is 12.2 Å². The zero-order valence-electron chi connectivity index (χ0n) is 12.5. The van der Waals surface area contributed by atoms with Gasteiger partial charge in [0.15, 0.2) is 0 Å². The lowest BCUT2D eigenvalue weighted by Gasteiger charge is -2.35. The van der Waals surface area contributed by atoms with Crippen molar-refractivity contribution in [1.29, 1.82) is 0 Å². The molecule has 2 aliphatic heterocycles. The molecule has 6 heteroatoms. The van der Waals surface area contributed by atoms with E-state index in [1.54, 1.807) is 4.31 Å². The Kier molecular flexibility index (Phi) is 6.26. The van der Waals surface area contributed by atoms with Crippen molar-refractivity contribution >= 4 is 10.0 Å². The normalized spacial score (nSPS) is 26.8. The first-order chi connectivity index (χ1) is 9.64. The van der Waals surface area contributed by atoms with Gasteiger partial charge in [-0.1, -0.05) is 6.92 Å². The maximum absolute atomic E-state index is 12.7. The maximum atomic E-state index is 12.7. The molecule has 5 nitrogen and oxygen atoms in total. The minimum atomic E-state index is -3.12. The second-order valence-electron chi connectivity index (χ2n) is 5.93. The number of sulfonamides is 1. The fourth-order valence-corrected chi connectivity index (χ4v) is 5.10. The quantitative estimate of drug-likeness (QED) is 0.749. The van der Waals surface area contributed by atoms with Gasteiger partial charge >= 0.3 is 0 Å². The number of nitrogens with one attached hydrogen (secondary N) is 1. The van der Waals surface area contributed by atoms with Crippen LogP contribution in [0, 0.1) is 5.92 Å². The second-order valence-corrected chi connectivity index (χ2v) is 8.14. The zero-order valence-corrected chi connectivity index (χ0v) is 13.3. The number of piperidine rings is 1. The van der Waals surface area contributed by atoms with Crippen molar-refractivity contribution in [2.45, 2.75) is 44.3 Å². The van der Waals surface area contributed by atoms with Gasteiger partial charge in [-0.2, -0.15) is 0 Å². The topological polar surface area (TPSA) is 58.6 Å². The van der Waals surface area contributed by atoms with E-state index < -0.39 is 10.0 Å². The van der Waals surface area contributed by atoms with Crippen LogP contribution in [0.3, 0.4) is 0 Å². The molecule has 2 fully saturated rings. The third-order valence-electron chi connectivity index (χ3n) is 4.29. The van der Waals surface area contributed by atoms with Crippen LogP contribution in [0.5, 0.6) is 0 Å². The average Bonchev–Trinajstić information content (AvgIpc) is 2.49. The molecule has 0 radical (unpaired) electrons. The van der Waals surface area contributed by atoms with Crippen LogP contribution in [0.25, 0.3) is 0 Å². The highest BCUT2D eigenvalue weighted by molar-refractivity contribution is 7.89. The molecule has 2 heterocycles. The van der Waals surface area contributed by atoms with E-state index in [1.807, 2.05) is 0 Å². The van der Waals surface area contributed by atoms with E-state index in [4.69, 9.17) is 4.74 Å². The summed E-state index contributed by atoms with van der Waals surface area (Å²) in [6, 6.07) is 0. The van der Waals surface area contributed by atoms with Crippen LogP contribution in [0.15, 0.2) is 0 Å². The SMILES string of the molecule is CCCNCC1CCCN(S(=O)(=O)C2CCOCC2)C1. The molecule has 0 spiro atoms. The van der Waals surface area contributed by atoms with Crippen LogP contribution in [0.4, 0.5) is 0 Å². The average molecular weight is 304 g/mol. The lowest BCUT2D eigenvalue weighted by Crippen LogP contribution is -2.47. The summed E-state index contributed by atoms with van der Waals surface area (Å²) in [7, 11) is -3.12. The fraction of sp³-hybridized carbons (Fsp3) is 1.00. The standard InChI is InChI=1S/C14H28N2O3S/c1-2-7-15-11-13-4-3-8-16(12-13)20(17,18)14-5-9-19-10-6-14/h13-15H,2-12H2,1H3. The van der Waals surface area contributed by atoms with E-state index in [9.17, 15) is 8.42 Å². The highest BCUT2D eigenvalue weighted by Crippen LogP contribution is 2.25. The molecule has 0 bridgehead atoms. The summed E-state index contributed by atoms with van der Waals surface area (Å²) < 4.78 is 32.3. The molecule has 1 unspecified atom stereocenters. The molecular weight excluding hydrogens is 276 g/mol. The molecule has 1 atom stereocenters. The Morgan fingerprint density at radius 1 is 1.25 bits per heavy atom. The lowest BCUT2D eigenvalue weighted by molar-refractivity contribution is 0.0966. The van der Waals surface area contributed by atoms with Crippen LogP contribution in [-0.4, -0.2) is 57.4 Å². The fourth-order valence-electron chi connectivity index (χ4n) is 3.09. The first kappa shape index (κ1) is 16.2. The highest BCUT2D eigenvalue weighted by atomic mass is 32.2. The summed E-state index contributed by atoms with van der Waals surface area (Å²) in [4.78, 5) is 0. The van der Waals surface area contributed by atoms with Gasteiger partial charge < -0.3 is 10.1 Å². The number of rotatable bonds is 6. The lowest BCUT2D eigenvalue weighted by atomic mass is 10.00. The Labute approximate surface area is 123 Å². The molecule has 1 N–H and O–H groups in total. The third-order valence-corrected chi connectivity index (χ3v) is 6.66. The Bertz CT molecular complexity index is 380. The van der Waals surface area contributed by atoms with Gasteiger partial charge in [-0.05, 0) is 51.1 Å². The monoisotopic (exact) mass is 304 g/mol. The van der Waals surface area contributed by atoms with E-state index in [0.29, 0.717) is 45.1 Å². The van der Waals surface area contributed by atoms with Gasteiger partial charge in [0.1, 0.15) is 0 Å². The van der Waals surface area contributed by atoms with Gasteiger partial charge in [0, 0.05) is 26.3 Å². The van der Waals surface area contributed by atoms with Crippen molar-refractivity contribution in [3.8, 4) is 0 Å². The molecule has 0 aromatic carbocycles. The van der Waals surface area contributed by atoms with Crippen LogP contribution in [0.2, 0.25) is 0 Å². The minimum Gasteiger partial charge on any atom is -0.381 e. The Morgan fingerprint density at radius 3 is 2.70 bits per heavy atom. The van der Waals surface area contributed by atoms with E-state index in [0.717, 1.165) is 32.4 Å². The summed E-state index contributed by atoms with van der Waals surface area (Å²) in [5, 5.41) is 3.19. The van der Waals surface area contributed by atoms with E-state index >= 15 is 0 Å².